The second kappa shape index (κ2) is 12.4. The predicted octanol–water partition coefficient (Wildman–Crippen LogP) is 2.74. The number of halogens is 1. The van der Waals surface area contributed by atoms with Crippen molar-refractivity contribution in [3.05, 3.63) is 23.3 Å². The molecule has 1 aromatic carbocycles. The van der Waals surface area contributed by atoms with Gasteiger partial charge in [-0.2, -0.15) is 0 Å². The summed E-state index contributed by atoms with van der Waals surface area (Å²) in [4.78, 5) is 4.29. The molecule has 0 spiro atoms. The second-order valence-electron chi connectivity index (χ2n) is 7.41. The van der Waals surface area contributed by atoms with Gasteiger partial charge in [-0.15, -0.1) is 24.0 Å². The topological polar surface area (TPSA) is 73.3 Å². The lowest BCUT2D eigenvalue weighted by Gasteiger charge is -2.15. The smallest absolute Gasteiger partial charge is 0.191 e. The molecular formula is C21H34IN3O4. The van der Waals surface area contributed by atoms with E-state index in [9.17, 15) is 0 Å². The van der Waals surface area contributed by atoms with Crippen molar-refractivity contribution >= 4 is 29.9 Å². The number of hydrogen-bond donors (Lipinski definition) is 2. The van der Waals surface area contributed by atoms with E-state index >= 15 is 0 Å². The van der Waals surface area contributed by atoms with Crippen LogP contribution < -0.4 is 20.1 Å². The number of guanidine groups is 1. The van der Waals surface area contributed by atoms with Crippen molar-refractivity contribution in [2.75, 3.05) is 47.1 Å². The summed E-state index contributed by atoms with van der Waals surface area (Å²) in [7, 11) is 3.48. The Morgan fingerprint density at radius 2 is 2.17 bits per heavy atom. The fourth-order valence-electron chi connectivity index (χ4n) is 3.56. The van der Waals surface area contributed by atoms with E-state index in [1.807, 2.05) is 0 Å². The average molecular weight is 519 g/mol. The first-order valence-corrected chi connectivity index (χ1v) is 10.2. The lowest BCUT2D eigenvalue weighted by molar-refractivity contribution is 0.0888. The van der Waals surface area contributed by atoms with Crippen molar-refractivity contribution in [1.82, 2.24) is 10.6 Å². The molecule has 2 heterocycles. The number of aliphatic imine (C=N–C) groups is 1. The summed E-state index contributed by atoms with van der Waals surface area (Å²) >= 11 is 0. The minimum atomic E-state index is 0. The van der Waals surface area contributed by atoms with E-state index in [-0.39, 0.29) is 30.1 Å². The number of benzene rings is 1. The van der Waals surface area contributed by atoms with Crippen LogP contribution in [0.3, 0.4) is 0 Å². The van der Waals surface area contributed by atoms with Gasteiger partial charge in [0.2, 0.25) is 0 Å². The van der Waals surface area contributed by atoms with Crippen LogP contribution in [-0.4, -0.2) is 59.2 Å². The van der Waals surface area contributed by atoms with E-state index in [1.165, 1.54) is 5.56 Å². The summed E-state index contributed by atoms with van der Waals surface area (Å²) in [6.45, 7) is 6.76. The van der Waals surface area contributed by atoms with E-state index in [4.69, 9.17) is 18.9 Å². The molecule has 29 heavy (non-hydrogen) atoms. The third kappa shape index (κ3) is 7.18. The van der Waals surface area contributed by atoms with Gasteiger partial charge in [0, 0.05) is 56.8 Å². The lowest BCUT2D eigenvalue weighted by atomic mass is 10.1. The fourth-order valence-corrected chi connectivity index (χ4v) is 3.56. The van der Waals surface area contributed by atoms with Gasteiger partial charge in [-0.05, 0) is 31.9 Å². The molecule has 1 saturated heterocycles. The maximum atomic E-state index is 5.87. The molecule has 0 aromatic heterocycles. The minimum absolute atomic E-state index is 0. The van der Waals surface area contributed by atoms with Crippen LogP contribution in [-0.2, 0) is 22.4 Å². The number of ether oxygens (including phenoxy) is 4. The normalized spacial score (nSPS) is 20.6. The van der Waals surface area contributed by atoms with E-state index in [0.717, 1.165) is 75.3 Å². The van der Waals surface area contributed by atoms with Gasteiger partial charge >= 0.3 is 0 Å². The third-order valence-corrected chi connectivity index (χ3v) is 5.10. The third-order valence-electron chi connectivity index (χ3n) is 5.10. The standard InChI is InChI=1S/C21H33N3O4.HI/c1-15-9-17-10-19(25-3)18(11-20(17)28-15)12-24-21(22-2)23-6-4-7-26-13-16-5-8-27-14-16;/h10-11,15-16H,4-9,12-14H2,1-3H3,(H2,22,23,24);1H. The van der Waals surface area contributed by atoms with Crippen LogP contribution in [0.5, 0.6) is 11.5 Å². The van der Waals surface area contributed by atoms with Crippen molar-refractivity contribution in [2.24, 2.45) is 10.9 Å². The zero-order valence-electron chi connectivity index (χ0n) is 17.7. The van der Waals surface area contributed by atoms with Crippen LogP contribution >= 0.6 is 24.0 Å². The van der Waals surface area contributed by atoms with Crippen LogP contribution in [0, 0.1) is 5.92 Å². The van der Waals surface area contributed by atoms with E-state index < -0.39 is 0 Å². The SMILES string of the molecule is CN=C(NCCCOCC1CCOC1)NCc1cc2c(cc1OC)CC(C)O2.I. The molecule has 0 saturated carbocycles. The molecule has 2 unspecified atom stereocenters. The molecule has 2 N–H and O–H groups in total. The quantitative estimate of drug-likeness (QED) is 0.226. The van der Waals surface area contributed by atoms with Gasteiger partial charge in [-0.1, -0.05) is 0 Å². The molecule has 0 bridgehead atoms. The maximum Gasteiger partial charge on any atom is 0.191 e. The highest BCUT2D eigenvalue weighted by Crippen LogP contribution is 2.34. The summed E-state index contributed by atoms with van der Waals surface area (Å²) in [5.74, 6) is 3.17. The average Bonchev–Trinajstić information content (AvgIpc) is 3.34. The van der Waals surface area contributed by atoms with Gasteiger partial charge < -0.3 is 29.6 Å². The van der Waals surface area contributed by atoms with Crippen molar-refractivity contribution in [2.45, 2.75) is 38.8 Å². The van der Waals surface area contributed by atoms with Crippen LogP contribution in [0.1, 0.15) is 30.9 Å². The van der Waals surface area contributed by atoms with Gasteiger partial charge in [0.25, 0.3) is 0 Å². The number of rotatable bonds is 9. The number of hydrogen-bond acceptors (Lipinski definition) is 5. The van der Waals surface area contributed by atoms with Gasteiger partial charge in [-0.25, -0.2) is 0 Å². The molecule has 7 nitrogen and oxygen atoms in total. The molecule has 1 aromatic rings. The largest absolute Gasteiger partial charge is 0.496 e. The molecule has 2 aliphatic rings. The molecule has 2 aliphatic heterocycles. The summed E-state index contributed by atoms with van der Waals surface area (Å²) in [6.07, 6.45) is 3.20. The highest BCUT2D eigenvalue weighted by Gasteiger charge is 2.21. The van der Waals surface area contributed by atoms with Crippen molar-refractivity contribution in [3.8, 4) is 11.5 Å². The predicted molar refractivity (Wildman–Crippen MR) is 125 cm³/mol. The Hall–Kier alpha value is -1.26. The second-order valence-corrected chi connectivity index (χ2v) is 7.41. The summed E-state index contributed by atoms with van der Waals surface area (Å²) in [6, 6.07) is 4.15. The van der Waals surface area contributed by atoms with Crippen molar-refractivity contribution < 1.29 is 18.9 Å². The molecule has 3 rings (SSSR count). The van der Waals surface area contributed by atoms with Gasteiger partial charge in [0.15, 0.2) is 5.96 Å². The lowest BCUT2D eigenvalue weighted by Crippen LogP contribution is -2.37. The van der Waals surface area contributed by atoms with Crippen molar-refractivity contribution in [3.63, 3.8) is 0 Å². The van der Waals surface area contributed by atoms with E-state index in [0.29, 0.717) is 12.5 Å². The minimum Gasteiger partial charge on any atom is -0.496 e. The van der Waals surface area contributed by atoms with Crippen LogP contribution in [0.15, 0.2) is 17.1 Å². The Morgan fingerprint density at radius 1 is 1.31 bits per heavy atom. The summed E-state index contributed by atoms with van der Waals surface area (Å²) < 4.78 is 22.5. The Bertz CT molecular complexity index is 666. The van der Waals surface area contributed by atoms with E-state index in [1.54, 1.807) is 14.2 Å². The van der Waals surface area contributed by atoms with Crippen LogP contribution in [0.25, 0.3) is 0 Å². The van der Waals surface area contributed by atoms with Gasteiger partial charge in [-0.3, -0.25) is 4.99 Å². The van der Waals surface area contributed by atoms with Crippen LogP contribution in [0.2, 0.25) is 0 Å². The summed E-state index contributed by atoms with van der Waals surface area (Å²) in [5, 5.41) is 6.67. The van der Waals surface area contributed by atoms with E-state index in [2.05, 4.69) is 34.7 Å². The Kier molecular flexibility index (Phi) is 10.3. The maximum absolute atomic E-state index is 5.87. The zero-order valence-corrected chi connectivity index (χ0v) is 20.0. The zero-order chi connectivity index (χ0) is 19.8. The molecule has 0 radical (unpaired) electrons. The number of fused-ring (bicyclic) bond motifs is 1. The van der Waals surface area contributed by atoms with Gasteiger partial charge in [0.05, 0.1) is 20.3 Å². The molecule has 0 aliphatic carbocycles. The Balaban J connectivity index is 0.00000300. The number of methoxy groups -OCH3 is 1. The molecule has 1 fully saturated rings. The Morgan fingerprint density at radius 3 is 2.90 bits per heavy atom. The van der Waals surface area contributed by atoms with Gasteiger partial charge in [0.1, 0.15) is 17.6 Å². The highest BCUT2D eigenvalue weighted by atomic mass is 127. The number of nitrogens with one attached hydrogen (secondary N) is 2. The molecule has 8 heteroatoms. The molecular weight excluding hydrogens is 485 g/mol. The Labute approximate surface area is 190 Å². The first kappa shape index (κ1) is 24.0. The number of nitrogens with zero attached hydrogens (tertiary/aromatic N) is 1. The van der Waals surface area contributed by atoms with Crippen LogP contribution in [0.4, 0.5) is 0 Å². The monoisotopic (exact) mass is 519 g/mol. The molecule has 2 atom stereocenters. The summed E-state index contributed by atoms with van der Waals surface area (Å²) in [5.41, 5.74) is 2.26. The molecule has 0 amide bonds. The molecule has 164 valence electrons. The van der Waals surface area contributed by atoms with Crippen molar-refractivity contribution in [1.29, 1.82) is 0 Å². The first-order valence-electron chi connectivity index (χ1n) is 10.2. The highest BCUT2D eigenvalue weighted by molar-refractivity contribution is 14.0. The first-order chi connectivity index (χ1) is 13.7. The fraction of sp³-hybridized carbons (Fsp3) is 0.667.